The van der Waals surface area contributed by atoms with Gasteiger partial charge in [-0.15, -0.1) is 0 Å². The number of benzene rings is 1. The van der Waals surface area contributed by atoms with Crippen molar-refractivity contribution in [3.8, 4) is 5.75 Å². The van der Waals surface area contributed by atoms with Gasteiger partial charge >= 0.3 is 0 Å². The minimum atomic E-state index is -0.384. The van der Waals surface area contributed by atoms with E-state index in [1.54, 1.807) is 0 Å². The van der Waals surface area contributed by atoms with Gasteiger partial charge in [-0.3, -0.25) is 4.79 Å². The molecule has 0 aromatic heterocycles. The molecule has 94 valence electrons. The average molecular weight is 303 g/mol. The molecule has 0 bridgehead atoms. The van der Waals surface area contributed by atoms with Crippen LogP contribution in [-0.2, 0) is 0 Å². The summed E-state index contributed by atoms with van der Waals surface area (Å²) in [6, 6.07) is 4.00. The van der Waals surface area contributed by atoms with E-state index in [0.717, 1.165) is 24.6 Å². The number of unbranched alkanes of at least 4 members (excludes halogenated alkanes) is 2. The zero-order valence-corrected chi connectivity index (χ0v) is 11.4. The third-order valence-corrected chi connectivity index (χ3v) is 2.92. The van der Waals surface area contributed by atoms with Gasteiger partial charge in [-0.25, -0.2) is 4.39 Å². The van der Waals surface area contributed by atoms with Crippen molar-refractivity contribution >= 4 is 21.7 Å². The molecule has 4 heteroatoms. The van der Waals surface area contributed by atoms with Crippen molar-refractivity contribution < 1.29 is 13.9 Å². The predicted octanol–water partition coefficient (Wildman–Crippen LogP) is 3.97. The zero-order valence-electron chi connectivity index (χ0n) is 9.84. The fourth-order valence-electron chi connectivity index (χ4n) is 1.46. The number of hydrogen-bond acceptors (Lipinski definition) is 2. The van der Waals surface area contributed by atoms with Crippen LogP contribution in [0.15, 0.2) is 18.2 Å². The summed E-state index contributed by atoms with van der Waals surface area (Å²) < 4.78 is 18.5. The van der Waals surface area contributed by atoms with Crippen molar-refractivity contribution in [2.45, 2.75) is 26.2 Å². The number of halogens is 2. The van der Waals surface area contributed by atoms with E-state index < -0.39 is 0 Å². The lowest BCUT2D eigenvalue weighted by Crippen LogP contribution is -2.03. The first-order chi connectivity index (χ1) is 8.15. The van der Waals surface area contributed by atoms with E-state index in [1.807, 2.05) is 0 Å². The van der Waals surface area contributed by atoms with Crippen LogP contribution < -0.4 is 4.74 Å². The normalized spacial score (nSPS) is 10.3. The van der Waals surface area contributed by atoms with Crippen molar-refractivity contribution in [3.63, 3.8) is 0 Å². The lowest BCUT2D eigenvalue weighted by molar-refractivity contribution is 0.101. The summed E-state index contributed by atoms with van der Waals surface area (Å²) in [4.78, 5) is 11.3. The molecule has 0 saturated heterocycles. The highest BCUT2D eigenvalue weighted by Gasteiger charge is 2.09. The van der Waals surface area contributed by atoms with Gasteiger partial charge in [-0.05, 0) is 38.3 Å². The van der Waals surface area contributed by atoms with Gasteiger partial charge < -0.3 is 4.74 Å². The Morgan fingerprint density at radius 3 is 2.76 bits per heavy atom. The molecular formula is C13H16BrFO2. The Hall–Kier alpha value is -0.900. The number of carbonyl (C=O) groups excluding carboxylic acids is 1. The summed E-state index contributed by atoms with van der Waals surface area (Å²) in [5.74, 6) is -0.151. The first-order valence-electron chi connectivity index (χ1n) is 5.64. The fraction of sp³-hybridized carbons (Fsp3) is 0.462. The molecule has 0 unspecified atom stereocenters. The third kappa shape index (κ3) is 4.86. The molecule has 0 aliphatic heterocycles. The number of carbonyl (C=O) groups is 1. The molecule has 0 radical (unpaired) electrons. The molecule has 0 spiro atoms. The van der Waals surface area contributed by atoms with Crippen LogP contribution in [-0.4, -0.2) is 17.7 Å². The molecule has 0 aliphatic carbocycles. The molecule has 2 nitrogen and oxygen atoms in total. The van der Waals surface area contributed by atoms with Crippen LogP contribution in [0.3, 0.4) is 0 Å². The number of hydrogen-bond donors (Lipinski definition) is 0. The first-order valence-corrected chi connectivity index (χ1v) is 6.76. The van der Waals surface area contributed by atoms with E-state index >= 15 is 0 Å². The van der Waals surface area contributed by atoms with Crippen LogP contribution in [0, 0.1) is 5.82 Å². The van der Waals surface area contributed by atoms with Crippen molar-refractivity contribution in [2.24, 2.45) is 0 Å². The molecule has 0 heterocycles. The highest BCUT2D eigenvalue weighted by molar-refractivity contribution is 9.09. The van der Waals surface area contributed by atoms with Crippen molar-refractivity contribution in [3.05, 3.63) is 29.6 Å². The monoisotopic (exact) mass is 302 g/mol. The van der Waals surface area contributed by atoms with Gasteiger partial charge in [0.05, 0.1) is 12.2 Å². The van der Waals surface area contributed by atoms with Gasteiger partial charge in [0.25, 0.3) is 0 Å². The summed E-state index contributed by atoms with van der Waals surface area (Å²) in [7, 11) is 0. The van der Waals surface area contributed by atoms with E-state index in [9.17, 15) is 9.18 Å². The van der Waals surface area contributed by atoms with Crippen molar-refractivity contribution in [1.29, 1.82) is 0 Å². The first kappa shape index (κ1) is 14.2. The molecule has 0 saturated carbocycles. The summed E-state index contributed by atoms with van der Waals surface area (Å²) in [6.45, 7) is 1.96. The Labute approximate surface area is 109 Å². The molecule has 1 rings (SSSR count). The van der Waals surface area contributed by atoms with Crippen LogP contribution in [0.4, 0.5) is 4.39 Å². The molecule has 17 heavy (non-hydrogen) atoms. The van der Waals surface area contributed by atoms with E-state index in [2.05, 4.69) is 15.9 Å². The number of ether oxygens (including phenoxy) is 1. The second-order valence-corrected chi connectivity index (χ2v) is 4.59. The standard InChI is InChI=1S/C13H16BrFO2/c1-10(16)12-6-5-11(15)9-13(12)17-8-4-2-3-7-14/h5-6,9H,2-4,7-8H2,1H3. The molecule has 0 atom stereocenters. The Morgan fingerprint density at radius 2 is 2.12 bits per heavy atom. The van der Waals surface area contributed by atoms with E-state index in [4.69, 9.17) is 4.74 Å². The fourth-order valence-corrected chi connectivity index (χ4v) is 1.86. The Morgan fingerprint density at radius 1 is 1.35 bits per heavy atom. The maximum Gasteiger partial charge on any atom is 0.163 e. The number of Topliss-reactive ketones (excluding diaryl/α,β-unsaturated/α-hetero) is 1. The minimum absolute atomic E-state index is 0.111. The topological polar surface area (TPSA) is 26.3 Å². The Balaban J connectivity index is 2.56. The van der Waals surface area contributed by atoms with Crippen LogP contribution in [0.2, 0.25) is 0 Å². The summed E-state index contributed by atoms with van der Waals surface area (Å²) in [6.07, 6.45) is 3.04. The largest absolute Gasteiger partial charge is 0.493 e. The number of alkyl halides is 1. The highest BCUT2D eigenvalue weighted by Crippen LogP contribution is 2.20. The SMILES string of the molecule is CC(=O)c1ccc(F)cc1OCCCCCBr. The molecule has 1 aromatic carbocycles. The van der Waals surface area contributed by atoms with Gasteiger partial charge in [0, 0.05) is 11.4 Å². The second kappa shape index (κ2) is 7.43. The number of ketones is 1. The van der Waals surface area contributed by atoms with Crippen molar-refractivity contribution in [1.82, 2.24) is 0 Å². The predicted molar refractivity (Wildman–Crippen MR) is 69.5 cm³/mol. The summed E-state index contributed by atoms with van der Waals surface area (Å²) in [5, 5.41) is 0.978. The van der Waals surface area contributed by atoms with Gasteiger partial charge in [0.1, 0.15) is 11.6 Å². The molecule has 0 N–H and O–H groups in total. The van der Waals surface area contributed by atoms with Crippen LogP contribution in [0.5, 0.6) is 5.75 Å². The molecule has 0 aliphatic rings. The van der Waals surface area contributed by atoms with E-state index in [-0.39, 0.29) is 11.6 Å². The van der Waals surface area contributed by atoms with Crippen LogP contribution in [0.25, 0.3) is 0 Å². The quantitative estimate of drug-likeness (QED) is 0.433. The second-order valence-electron chi connectivity index (χ2n) is 3.79. The lowest BCUT2D eigenvalue weighted by Gasteiger charge is -2.09. The van der Waals surface area contributed by atoms with Gasteiger partial charge in [-0.1, -0.05) is 15.9 Å². The van der Waals surface area contributed by atoms with Crippen molar-refractivity contribution in [2.75, 3.05) is 11.9 Å². The van der Waals surface area contributed by atoms with Crippen LogP contribution >= 0.6 is 15.9 Å². The minimum Gasteiger partial charge on any atom is -0.493 e. The van der Waals surface area contributed by atoms with E-state index in [1.165, 1.54) is 25.1 Å². The summed E-state index contributed by atoms with van der Waals surface area (Å²) >= 11 is 3.35. The smallest absolute Gasteiger partial charge is 0.163 e. The number of rotatable bonds is 7. The molecule has 0 fully saturated rings. The molecule has 0 amide bonds. The van der Waals surface area contributed by atoms with Gasteiger partial charge in [-0.2, -0.15) is 0 Å². The third-order valence-electron chi connectivity index (χ3n) is 2.36. The Bertz CT molecular complexity index is 380. The zero-order chi connectivity index (χ0) is 12.7. The van der Waals surface area contributed by atoms with E-state index in [0.29, 0.717) is 17.9 Å². The maximum absolute atomic E-state index is 13.0. The highest BCUT2D eigenvalue weighted by atomic mass is 79.9. The summed E-state index contributed by atoms with van der Waals surface area (Å²) in [5.41, 5.74) is 0.437. The Kier molecular flexibility index (Phi) is 6.19. The maximum atomic E-state index is 13.0. The molecular weight excluding hydrogens is 287 g/mol. The molecule has 1 aromatic rings. The van der Waals surface area contributed by atoms with Crippen LogP contribution in [0.1, 0.15) is 36.5 Å². The lowest BCUT2D eigenvalue weighted by atomic mass is 10.1. The van der Waals surface area contributed by atoms with Gasteiger partial charge in [0.15, 0.2) is 5.78 Å². The average Bonchev–Trinajstić information content (AvgIpc) is 2.28. The van der Waals surface area contributed by atoms with Gasteiger partial charge in [0.2, 0.25) is 0 Å².